The molecule has 0 aromatic rings. The van der Waals surface area contributed by atoms with Gasteiger partial charge in [0.2, 0.25) is 0 Å². The van der Waals surface area contributed by atoms with E-state index in [2.05, 4.69) is 15.3 Å². The summed E-state index contributed by atoms with van der Waals surface area (Å²) in [5.74, 6) is 0. The van der Waals surface area contributed by atoms with Gasteiger partial charge in [-0.25, -0.2) is 0 Å². The molecule has 0 heterocycles. The van der Waals surface area contributed by atoms with Crippen molar-refractivity contribution >= 4 is 17.5 Å². The van der Waals surface area contributed by atoms with Crippen LogP contribution in [0, 0.1) is 0 Å². The maximum absolute atomic E-state index is 8.76. The Labute approximate surface area is 44.9 Å². The lowest BCUT2D eigenvalue weighted by atomic mass is 11.8. The molecule has 1 unspecified atom stereocenters. The third-order valence-electron chi connectivity index (χ3n) is 0.555. The van der Waals surface area contributed by atoms with E-state index >= 15 is 0 Å². The first-order chi connectivity index (χ1) is 3.12. The molecule has 0 bridgehead atoms. The molecule has 0 rings (SSSR count). The van der Waals surface area contributed by atoms with Crippen LogP contribution in [0.5, 0.6) is 0 Å². The predicted molar refractivity (Wildman–Crippen MR) is 32.7 cm³/mol. The van der Waals surface area contributed by atoms with Crippen molar-refractivity contribution in [3.05, 3.63) is 0 Å². The summed E-state index contributed by atoms with van der Waals surface area (Å²) in [4.78, 5) is 0. The highest BCUT2D eigenvalue weighted by Crippen LogP contribution is 2.39. The minimum absolute atomic E-state index is 1.39. The molecule has 0 radical (unpaired) electrons. The fourth-order valence-corrected chi connectivity index (χ4v) is 0.158. The molecule has 44 valence electrons. The molecule has 0 aliphatic carbocycles. The minimum Gasteiger partial charge on any atom is -0.280 e. The average Bonchev–Trinajstić information content (AvgIpc) is 1.68. The van der Waals surface area contributed by atoms with Gasteiger partial charge in [-0.1, -0.05) is 0 Å². The van der Waals surface area contributed by atoms with Crippen LogP contribution in [-0.2, 0) is 4.18 Å². The quantitative estimate of drug-likeness (QED) is 0.558. The van der Waals surface area contributed by atoms with Gasteiger partial charge in [0.1, 0.15) is 0 Å². The third-order valence-corrected chi connectivity index (χ3v) is 1.67. The van der Waals surface area contributed by atoms with Crippen LogP contribution < -0.4 is 0 Å². The highest BCUT2D eigenvalue weighted by molar-refractivity contribution is 8.23. The normalized spacial score (nSPS) is 22.7. The average molecular weight is 123 g/mol. The van der Waals surface area contributed by atoms with Gasteiger partial charge in [-0.3, -0.25) is 8.74 Å². The van der Waals surface area contributed by atoms with Gasteiger partial charge in [-0.2, -0.15) is 4.40 Å². The first-order valence-corrected chi connectivity index (χ1v) is 3.54. The highest BCUT2D eigenvalue weighted by atomic mass is 32.3. The van der Waals surface area contributed by atoms with Crippen LogP contribution in [0.25, 0.3) is 0 Å². The van der Waals surface area contributed by atoms with Crippen molar-refractivity contribution in [3.63, 3.8) is 0 Å². The molecule has 0 spiro atoms. The van der Waals surface area contributed by atoms with Crippen molar-refractivity contribution in [2.24, 2.45) is 4.40 Å². The Hall–Kier alpha value is -0.0600. The van der Waals surface area contributed by atoms with E-state index in [1.54, 1.807) is 0 Å². The fraction of sp³-hybridized carbons (Fsp3) is 0.667. The molecular weight excluding hydrogens is 114 g/mol. The minimum atomic E-state index is -2.14. The molecule has 7 heavy (non-hydrogen) atoms. The summed E-state index contributed by atoms with van der Waals surface area (Å²) in [5, 5.41) is 0. The summed E-state index contributed by atoms with van der Waals surface area (Å²) in [6.07, 6.45) is 1.49. The summed E-state index contributed by atoms with van der Waals surface area (Å²) in [7, 11) is -0.751. The van der Waals surface area contributed by atoms with Crippen LogP contribution in [0.15, 0.2) is 4.40 Å². The zero-order valence-electron chi connectivity index (χ0n) is 4.42. The highest BCUT2D eigenvalue weighted by Gasteiger charge is 1.98. The van der Waals surface area contributed by atoms with Crippen molar-refractivity contribution in [2.45, 2.75) is 0 Å². The van der Waals surface area contributed by atoms with Crippen molar-refractivity contribution in [1.29, 1.82) is 0 Å². The second-order valence-electron chi connectivity index (χ2n) is 1.06. The van der Waals surface area contributed by atoms with E-state index in [1.165, 1.54) is 13.4 Å². The van der Waals surface area contributed by atoms with Gasteiger partial charge >= 0.3 is 0 Å². The van der Waals surface area contributed by atoms with E-state index in [0.29, 0.717) is 0 Å². The van der Waals surface area contributed by atoms with E-state index in [1.807, 2.05) is 0 Å². The topological polar surface area (TPSA) is 41.8 Å². The lowest BCUT2D eigenvalue weighted by molar-refractivity contribution is 0.402. The molecule has 0 aromatic heterocycles. The smallest absolute Gasteiger partial charge is 0.0624 e. The molecule has 4 heteroatoms. The zero-order chi connectivity index (χ0) is 5.91. The number of nitrogens with zero attached hydrogens (tertiary/aromatic N) is 1. The molecule has 1 N–H and O–H groups in total. The Morgan fingerprint density at radius 1 is 1.86 bits per heavy atom. The van der Waals surface area contributed by atoms with Gasteiger partial charge in [0, 0.05) is 13.0 Å². The molecule has 0 aromatic carbocycles. The third kappa shape index (κ3) is 2.61. The number of hydrogen-bond donors (Lipinski definition) is 1. The van der Waals surface area contributed by atoms with Crippen LogP contribution >= 0.6 is 10.8 Å². The van der Waals surface area contributed by atoms with Crippen molar-refractivity contribution < 1.29 is 8.74 Å². The molecular formula is C3H9NO2S. The second kappa shape index (κ2) is 2.30. The maximum Gasteiger partial charge on any atom is 0.0624 e. The van der Waals surface area contributed by atoms with Crippen molar-refractivity contribution in [2.75, 3.05) is 13.4 Å². The van der Waals surface area contributed by atoms with E-state index < -0.39 is 10.8 Å². The molecule has 0 saturated carbocycles. The molecule has 1 atom stereocenters. The largest absolute Gasteiger partial charge is 0.280 e. The summed E-state index contributed by atoms with van der Waals surface area (Å²) in [5.41, 5.74) is 0. The Kier molecular flexibility index (Phi) is 2.28. The first kappa shape index (κ1) is 6.94. The predicted octanol–water partition coefficient (Wildman–Crippen LogP) is 1.07. The second-order valence-corrected chi connectivity index (χ2v) is 3.17. The molecule has 3 nitrogen and oxygen atoms in total. The number of hydrogen-bond acceptors (Lipinski definition) is 3. The Morgan fingerprint density at radius 3 is 2.29 bits per heavy atom. The SMILES string of the molecule is C=NS(C)(O)OC. The zero-order valence-corrected chi connectivity index (χ0v) is 5.23. The lowest BCUT2D eigenvalue weighted by Crippen LogP contribution is -1.91. The van der Waals surface area contributed by atoms with Gasteiger partial charge in [0.25, 0.3) is 0 Å². The van der Waals surface area contributed by atoms with Crippen molar-refractivity contribution in [1.82, 2.24) is 0 Å². The standard InChI is InChI=1S/C3H9NO2S/c1-4-7(3,5)6-2/h5H,1H2,2-3H3. The van der Waals surface area contributed by atoms with Gasteiger partial charge in [-0.15, -0.1) is 10.8 Å². The number of rotatable bonds is 2. The van der Waals surface area contributed by atoms with Crippen LogP contribution in [0.3, 0.4) is 0 Å². The summed E-state index contributed by atoms with van der Waals surface area (Å²) >= 11 is 0. The van der Waals surface area contributed by atoms with E-state index in [9.17, 15) is 0 Å². The van der Waals surface area contributed by atoms with Crippen LogP contribution in [0.2, 0.25) is 0 Å². The van der Waals surface area contributed by atoms with E-state index in [-0.39, 0.29) is 0 Å². The monoisotopic (exact) mass is 123 g/mol. The molecule has 0 amide bonds. The van der Waals surface area contributed by atoms with Crippen LogP contribution in [0.4, 0.5) is 0 Å². The summed E-state index contributed by atoms with van der Waals surface area (Å²) in [6.45, 7) is 3.12. The molecule has 0 aliphatic heterocycles. The Bertz CT molecular complexity index is 73.3. The molecule has 0 saturated heterocycles. The van der Waals surface area contributed by atoms with E-state index in [4.69, 9.17) is 4.55 Å². The Morgan fingerprint density at radius 2 is 2.29 bits per heavy atom. The van der Waals surface area contributed by atoms with Gasteiger partial charge < -0.3 is 0 Å². The first-order valence-electron chi connectivity index (χ1n) is 1.66. The van der Waals surface area contributed by atoms with Crippen LogP contribution in [0.1, 0.15) is 0 Å². The lowest BCUT2D eigenvalue weighted by Gasteiger charge is -2.24. The Balaban J connectivity index is 3.58. The van der Waals surface area contributed by atoms with Gasteiger partial charge in [0.05, 0.1) is 7.11 Å². The molecule has 0 aliphatic rings. The van der Waals surface area contributed by atoms with Gasteiger partial charge in [0.15, 0.2) is 0 Å². The fourth-order valence-electron chi connectivity index (χ4n) is 0.0527. The molecule has 0 fully saturated rings. The maximum atomic E-state index is 8.76. The summed E-state index contributed by atoms with van der Waals surface area (Å²) in [6, 6.07) is 0. The van der Waals surface area contributed by atoms with E-state index in [0.717, 1.165) is 0 Å². The summed E-state index contributed by atoms with van der Waals surface area (Å²) < 4.78 is 16.6. The van der Waals surface area contributed by atoms with Gasteiger partial charge in [-0.05, 0) is 0 Å². The van der Waals surface area contributed by atoms with Crippen LogP contribution in [-0.4, -0.2) is 24.6 Å². The van der Waals surface area contributed by atoms with Crippen molar-refractivity contribution in [3.8, 4) is 0 Å².